The predicted octanol–water partition coefficient (Wildman–Crippen LogP) is 3.03. The van der Waals surface area contributed by atoms with Gasteiger partial charge in [-0.2, -0.15) is 0 Å². The Hall–Kier alpha value is -0.270. The summed E-state index contributed by atoms with van der Waals surface area (Å²) in [4.78, 5) is 11.7. The van der Waals surface area contributed by atoms with Gasteiger partial charge in [0.25, 0.3) is 0 Å². The van der Waals surface area contributed by atoms with Crippen molar-refractivity contribution in [3.05, 3.63) is 23.8 Å². The molecule has 2 aliphatic rings. The molecule has 70 valence electrons. The molecule has 1 unspecified atom stereocenters. The number of carbonyl (C=O) groups is 1. The normalized spacial score (nSPS) is 31.1. The Labute approximate surface area is 87.4 Å². The van der Waals surface area contributed by atoms with Crippen molar-refractivity contribution in [2.45, 2.75) is 23.6 Å². The van der Waals surface area contributed by atoms with E-state index in [1.54, 1.807) is 0 Å². The van der Waals surface area contributed by atoms with Crippen LogP contribution >= 0.6 is 23.2 Å². The van der Waals surface area contributed by atoms with Crippen molar-refractivity contribution in [1.82, 2.24) is 0 Å². The number of carbonyl (C=O) groups excluding carboxylic acids is 1. The molecule has 13 heavy (non-hydrogen) atoms. The van der Waals surface area contributed by atoms with E-state index in [-0.39, 0.29) is 5.78 Å². The minimum absolute atomic E-state index is 0.101. The van der Waals surface area contributed by atoms with Crippen LogP contribution in [-0.2, 0) is 4.79 Å². The van der Waals surface area contributed by atoms with Gasteiger partial charge in [0.1, 0.15) is 0 Å². The Morgan fingerprint density at radius 3 is 3.00 bits per heavy atom. The van der Waals surface area contributed by atoms with Gasteiger partial charge in [-0.1, -0.05) is 41.4 Å². The number of fused-ring (bicyclic) bond motifs is 1. The molecular formula is C10H10Cl2O. The Bertz CT molecular complexity index is 302. The number of rotatable bonds is 0. The van der Waals surface area contributed by atoms with Gasteiger partial charge in [0.05, 0.1) is 0 Å². The Morgan fingerprint density at radius 1 is 1.46 bits per heavy atom. The summed E-state index contributed by atoms with van der Waals surface area (Å²) in [5.74, 6) is 0.250. The quantitative estimate of drug-likeness (QED) is 0.570. The summed E-state index contributed by atoms with van der Waals surface area (Å²) in [6.45, 7) is 0. The standard InChI is InChI=1S/C10H10Cl2O/c11-10(12)6-5-7-3-1-2-4-8(7)9(10)13/h1-2,4,7H,3,5-6H2. The zero-order chi connectivity index (χ0) is 9.47. The van der Waals surface area contributed by atoms with Crippen LogP contribution < -0.4 is 0 Å². The molecule has 1 atom stereocenters. The van der Waals surface area contributed by atoms with Crippen LogP contribution in [0, 0.1) is 5.92 Å². The maximum atomic E-state index is 11.7. The van der Waals surface area contributed by atoms with Gasteiger partial charge in [-0.3, -0.25) is 4.79 Å². The summed E-state index contributed by atoms with van der Waals surface area (Å²) in [5.41, 5.74) is 0.804. The van der Waals surface area contributed by atoms with Crippen molar-refractivity contribution in [1.29, 1.82) is 0 Å². The van der Waals surface area contributed by atoms with Crippen molar-refractivity contribution >= 4 is 29.0 Å². The Morgan fingerprint density at radius 2 is 2.23 bits per heavy atom. The molecule has 0 N–H and O–H groups in total. The highest BCUT2D eigenvalue weighted by atomic mass is 35.5. The minimum Gasteiger partial charge on any atom is -0.291 e. The number of ketones is 1. The molecule has 0 spiro atoms. The van der Waals surface area contributed by atoms with Crippen LogP contribution in [0.25, 0.3) is 0 Å². The Kier molecular flexibility index (Phi) is 2.25. The van der Waals surface area contributed by atoms with Gasteiger partial charge in [-0.15, -0.1) is 0 Å². The number of allylic oxidation sites excluding steroid dienone is 4. The van der Waals surface area contributed by atoms with E-state index in [0.29, 0.717) is 12.3 Å². The average Bonchev–Trinajstić information content (AvgIpc) is 2.13. The summed E-state index contributed by atoms with van der Waals surface area (Å²) in [6, 6.07) is 0. The molecule has 0 radical (unpaired) electrons. The highest BCUT2D eigenvalue weighted by Crippen LogP contribution is 2.42. The van der Waals surface area contributed by atoms with Crippen molar-refractivity contribution < 1.29 is 4.79 Å². The zero-order valence-corrected chi connectivity index (χ0v) is 8.61. The number of hydrogen-bond acceptors (Lipinski definition) is 1. The minimum atomic E-state index is -1.17. The lowest BCUT2D eigenvalue weighted by atomic mass is 9.79. The maximum Gasteiger partial charge on any atom is 0.195 e. The molecule has 0 saturated heterocycles. The van der Waals surface area contributed by atoms with Crippen LogP contribution in [0.1, 0.15) is 19.3 Å². The lowest BCUT2D eigenvalue weighted by Crippen LogP contribution is -2.36. The average molecular weight is 217 g/mol. The van der Waals surface area contributed by atoms with E-state index in [0.717, 1.165) is 18.4 Å². The summed E-state index contributed by atoms with van der Waals surface area (Å²) in [5, 5.41) is 0. The lowest BCUT2D eigenvalue weighted by Gasteiger charge is -2.32. The SMILES string of the molecule is O=C1C2=CC=CCC2CCC1(Cl)Cl. The molecule has 0 aromatic rings. The molecule has 2 rings (SSSR count). The summed E-state index contributed by atoms with van der Waals surface area (Å²) in [7, 11) is 0. The van der Waals surface area contributed by atoms with E-state index in [1.807, 2.05) is 12.2 Å². The summed E-state index contributed by atoms with van der Waals surface area (Å²) < 4.78 is -1.17. The van der Waals surface area contributed by atoms with Crippen LogP contribution in [0.3, 0.4) is 0 Å². The molecule has 1 fully saturated rings. The molecule has 1 saturated carbocycles. The van der Waals surface area contributed by atoms with Gasteiger partial charge >= 0.3 is 0 Å². The first-order chi connectivity index (χ1) is 6.11. The van der Waals surface area contributed by atoms with E-state index in [9.17, 15) is 4.79 Å². The lowest BCUT2D eigenvalue weighted by molar-refractivity contribution is -0.117. The number of Topliss-reactive ketones (excluding diaryl/α,β-unsaturated/α-hetero) is 1. The van der Waals surface area contributed by atoms with Gasteiger partial charge < -0.3 is 0 Å². The van der Waals surface area contributed by atoms with Crippen LogP contribution in [0.4, 0.5) is 0 Å². The number of halogens is 2. The molecule has 0 bridgehead atoms. The van der Waals surface area contributed by atoms with Gasteiger partial charge in [0.2, 0.25) is 0 Å². The van der Waals surface area contributed by atoms with E-state index in [4.69, 9.17) is 23.2 Å². The smallest absolute Gasteiger partial charge is 0.195 e. The van der Waals surface area contributed by atoms with Gasteiger partial charge in [0, 0.05) is 5.57 Å². The fourth-order valence-corrected chi connectivity index (χ4v) is 2.33. The van der Waals surface area contributed by atoms with Crippen LogP contribution in [0.2, 0.25) is 0 Å². The summed E-state index contributed by atoms with van der Waals surface area (Å²) >= 11 is 11.8. The third kappa shape index (κ3) is 1.55. The molecule has 0 aromatic carbocycles. The molecule has 0 amide bonds. The van der Waals surface area contributed by atoms with E-state index < -0.39 is 4.33 Å². The van der Waals surface area contributed by atoms with Gasteiger partial charge in [0.15, 0.2) is 10.1 Å². The fourth-order valence-electron chi connectivity index (χ4n) is 1.89. The van der Waals surface area contributed by atoms with E-state index in [2.05, 4.69) is 6.08 Å². The highest BCUT2D eigenvalue weighted by Gasteiger charge is 2.42. The van der Waals surface area contributed by atoms with Crippen LogP contribution in [-0.4, -0.2) is 10.1 Å². The fraction of sp³-hybridized carbons (Fsp3) is 0.500. The van der Waals surface area contributed by atoms with Crippen molar-refractivity contribution in [2.24, 2.45) is 5.92 Å². The van der Waals surface area contributed by atoms with Gasteiger partial charge in [-0.05, 0) is 25.2 Å². The molecule has 3 heteroatoms. The summed E-state index contributed by atoms with van der Waals surface area (Å²) in [6.07, 6.45) is 8.26. The third-order valence-electron chi connectivity index (χ3n) is 2.67. The van der Waals surface area contributed by atoms with Crippen molar-refractivity contribution in [3.63, 3.8) is 0 Å². The Balaban J connectivity index is 2.33. The first-order valence-corrected chi connectivity index (χ1v) is 5.16. The monoisotopic (exact) mass is 216 g/mol. The maximum absolute atomic E-state index is 11.7. The van der Waals surface area contributed by atoms with Crippen LogP contribution in [0.15, 0.2) is 23.8 Å². The first-order valence-electron chi connectivity index (χ1n) is 4.40. The highest BCUT2D eigenvalue weighted by molar-refractivity contribution is 6.60. The second-order valence-corrected chi connectivity index (χ2v) is 5.04. The molecular weight excluding hydrogens is 207 g/mol. The van der Waals surface area contributed by atoms with Crippen LogP contribution in [0.5, 0.6) is 0 Å². The van der Waals surface area contributed by atoms with E-state index >= 15 is 0 Å². The molecule has 2 aliphatic carbocycles. The van der Waals surface area contributed by atoms with Crippen molar-refractivity contribution in [2.75, 3.05) is 0 Å². The van der Waals surface area contributed by atoms with E-state index in [1.165, 1.54) is 0 Å². The molecule has 0 aliphatic heterocycles. The molecule has 1 nitrogen and oxygen atoms in total. The zero-order valence-electron chi connectivity index (χ0n) is 7.09. The largest absolute Gasteiger partial charge is 0.291 e. The molecule has 0 aromatic heterocycles. The predicted molar refractivity (Wildman–Crippen MR) is 54.0 cm³/mol. The first kappa shape index (κ1) is 9.29. The number of hydrogen-bond donors (Lipinski definition) is 0. The third-order valence-corrected chi connectivity index (χ3v) is 3.39. The topological polar surface area (TPSA) is 17.1 Å². The second kappa shape index (κ2) is 3.14. The van der Waals surface area contributed by atoms with Crippen molar-refractivity contribution in [3.8, 4) is 0 Å². The van der Waals surface area contributed by atoms with Gasteiger partial charge in [-0.25, -0.2) is 0 Å². The number of alkyl halides is 2. The molecule has 0 heterocycles. The second-order valence-electron chi connectivity index (χ2n) is 3.56.